The smallest absolute Gasteiger partial charge is 0.0111 e. The van der Waals surface area contributed by atoms with Gasteiger partial charge in [-0.25, -0.2) is 0 Å². The fourth-order valence-electron chi connectivity index (χ4n) is 1.69. The Morgan fingerprint density at radius 3 is 2.20 bits per heavy atom. The van der Waals surface area contributed by atoms with Crippen LogP contribution in [0.25, 0.3) is 0 Å². The van der Waals surface area contributed by atoms with Gasteiger partial charge in [-0.2, -0.15) is 11.8 Å². The quantitative estimate of drug-likeness (QED) is 0.657. The first-order valence-corrected chi connectivity index (χ1v) is 5.37. The van der Waals surface area contributed by atoms with Crippen molar-refractivity contribution < 1.29 is 0 Å². The zero-order valence-corrected chi connectivity index (χ0v) is 7.07. The van der Waals surface area contributed by atoms with Gasteiger partial charge in [0, 0.05) is 6.04 Å². The minimum atomic E-state index is 0.551. The maximum Gasteiger partial charge on any atom is 0.0111 e. The normalized spacial score (nSPS) is 30.9. The van der Waals surface area contributed by atoms with Crippen molar-refractivity contribution in [2.24, 2.45) is 17.6 Å². The Morgan fingerprint density at radius 2 is 1.90 bits per heavy atom. The fraction of sp³-hybridized carbons (Fsp3) is 1.00. The summed E-state index contributed by atoms with van der Waals surface area (Å²) in [5.41, 5.74) is 6.07. The highest BCUT2D eigenvalue weighted by Gasteiger charge is 2.33. The summed E-state index contributed by atoms with van der Waals surface area (Å²) >= 11 is 2.05. The van der Waals surface area contributed by atoms with Crippen LogP contribution >= 0.6 is 11.8 Å². The van der Waals surface area contributed by atoms with Gasteiger partial charge in [0.2, 0.25) is 0 Å². The number of hydrogen-bond acceptors (Lipinski definition) is 2. The lowest BCUT2D eigenvalue weighted by atomic mass is 9.76. The molecule has 0 radical (unpaired) electrons. The molecule has 2 N–H and O–H groups in total. The molecule has 0 aromatic heterocycles. The highest BCUT2D eigenvalue weighted by Crippen LogP contribution is 2.37. The zero-order valence-electron chi connectivity index (χ0n) is 6.25. The predicted molar refractivity (Wildman–Crippen MR) is 46.1 cm³/mol. The second kappa shape index (κ2) is 2.74. The van der Waals surface area contributed by atoms with Crippen molar-refractivity contribution in [3.05, 3.63) is 0 Å². The summed E-state index contributed by atoms with van der Waals surface area (Å²) < 4.78 is 0. The van der Waals surface area contributed by atoms with Crippen molar-refractivity contribution in [3.63, 3.8) is 0 Å². The van der Waals surface area contributed by atoms with Crippen molar-refractivity contribution in [1.29, 1.82) is 0 Å². The lowest BCUT2D eigenvalue weighted by molar-refractivity contribution is 0.222. The van der Waals surface area contributed by atoms with Crippen LogP contribution in [0, 0.1) is 11.8 Å². The molecule has 0 spiro atoms. The van der Waals surface area contributed by atoms with E-state index in [1.165, 1.54) is 30.8 Å². The van der Waals surface area contributed by atoms with E-state index in [1.807, 2.05) is 11.8 Å². The lowest BCUT2D eigenvalue weighted by Gasteiger charge is -2.39. The predicted octanol–water partition coefficient (Wildman–Crippen LogP) is 1.48. The van der Waals surface area contributed by atoms with Crippen LogP contribution in [0.4, 0.5) is 0 Å². The first kappa shape index (κ1) is 6.99. The van der Waals surface area contributed by atoms with E-state index in [4.69, 9.17) is 5.73 Å². The topological polar surface area (TPSA) is 26.0 Å². The van der Waals surface area contributed by atoms with Crippen LogP contribution in [-0.4, -0.2) is 17.5 Å². The second-order valence-electron chi connectivity index (χ2n) is 3.57. The molecule has 58 valence electrons. The van der Waals surface area contributed by atoms with Crippen LogP contribution in [0.5, 0.6) is 0 Å². The van der Waals surface area contributed by atoms with Gasteiger partial charge in [0.1, 0.15) is 0 Å². The maximum atomic E-state index is 6.07. The van der Waals surface area contributed by atoms with E-state index in [0.717, 1.165) is 11.8 Å². The maximum absolute atomic E-state index is 6.07. The van der Waals surface area contributed by atoms with E-state index in [1.54, 1.807) is 0 Å². The Hall–Kier alpha value is 0.310. The van der Waals surface area contributed by atoms with Gasteiger partial charge in [-0.05, 0) is 36.2 Å². The highest BCUT2D eigenvalue weighted by molar-refractivity contribution is 8.00. The Labute approximate surface area is 66.7 Å². The fourth-order valence-corrected chi connectivity index (χ4v) is 2.64. The first-order valence-electron chi connectivity index (χ1n) is 4.21. The summed E-state index contributed by atoms with van der Waals surface area (Å²) in [5.74, 6) is 4.43. The molecular weight excluding hydrogens is 142 g/mol. The van der Waals surface area contributed by atoms with E-state index < -0.39 is 0 Å². The summed E-state index contributed by atoms with van der Waals surface area (Å²) in [4.78, 5) is 0. The molecule has 1 unspecified atom stereocenters. The Kier molecular flexibility index (Phi) is 1.92. The average Bonchev–Trinajstić information content (AvgIpc) is 1.52. The van der Waals surface area contributed by atoms with Gasteiger partial charge in [-0.15, -0.1) is 0 Å². The molecule has 1 heterocycles. The molecule has 1 saturated carbocycles. The molecular formula is C8H15NS. The van der Waals surface area contributed by atoms with Gasteiger partial charge in [-0.1, -0.05) is 6.42 Å². The third-order valence-electron chi connectivity index (χ3n) is 2.90. The largest absolute Gasteiger partial charge is 0.327 e. The molecule has 2 aliphatic rings. The summed E-state index contributed by atoms with van der Waals surface area (Å²) in [6.07, 6.45) is 4.24. The van der Waals surface area contributed by atoms with Crippen LogP contribution in [0.1, 0.15) is 19.3 Å². The third kappa shape index (κ3) is 1.08. The van der Waals surface area contributed by atoms with Gasteiger partial charge in [0.15, 0.2) is 0 Å². The van der Waals surface area contributed by atoms with E-state index in [9.17, 15) is 0 Å². The monoisotopic (exact) mass is 157 g/mol. The first-order chi connectivity index (χ1) is 4.88. The number of rotatable bonds is 2. The molecule has 0 aromatic carbocycles. The van der Waals surface area contributed by atoms with Crippen LogP contribution < -0.4 is 5.73 Å². The summed E-state index contributed by atoms with van der Waals surface area (Å²) in [5, 5.41) is 0. The third-order valence-corrected chi connectivity index (χ3v) is 4.23. The minimum absolute atomic E-state index is 0.551. The molecule has 2 rings (SSSR count). The molecule has 2 fully saturated rings. The van der Waals surface area contributed by atoms with E-state index >= 15 is 0 Å². The van der Waals surface area contributed by atoms with Gasteiger partial charge < -0.3 is 5.73 Å². The molecule has 2 heteroatoms. The molecule has 1 atom stereocenters. The molecule has 1 aliphatic heterocycles. The summed E-state index contributed by atoms with van der Waals surface area (Å²) in [6.45, 7) is 0. The number of nitrogens with two attached hydrogens (primary N) is 1. The Balaban J connectivity index is 1.79. The highest BCUT2D eigenvalue weighted by atomic mass is 32.2. The van der Waals surface area contributed by atoms with Crippen LogP contribution in [0.2, 0.25) is 0 Å². The zero-order chi connectivity index (χ0) is 6.97. The molecule has 0 bridgehead atoms. The van der Waals surface area contributed by atoms with Crippen molar-refractivity contribution in [2.45, 2.75) is 25.3 Å². The second-order valence-corrected chi connectivity index (χ2v) is 4.64. The van der Waals surface area contributed by atoms with Gasteiger partial charge in [0.05, 0.1) is 0 Å². The minimum Gasteiger partial charge on any atom is -0.327 e. The summed E-state index contributed by atoms with van der Waals surface area (Å²) in [6, 6.07) is 0.551. The lowest BCUT2D eigenvalue weighted by Crippen LogP contribution is -2.46. The number of hydrogen-bond donors (Lipinski definition) is 1. The average molecular weight is 157 g/mol. The molecule has 0 aromatic rings. The SMILES string of the molecule is NC(C1CCC1)C1CSC1. The summed E-state index contributed by atoms with van der Waals surface area (Å²) in [7, 11) is 0. The molecule has 10 heavy (non-hydrogen) atoms. The van der Waals surface area contributed by atoms with Crippen molar-refractivity contribution in [2.75, 3.05) is 11.5 Å². The van der Waals surface area contributed by atoms with Crippen molar-refractivity contribution in [3.8, 4) is 0 Å². The Bertz CT molecular complexity index is 104. The molecule has 0 amide bonds. The van der Waals surface area contributed by atoms with Crippen LogP contribution in [0.15, 0.2) is 0 Å². The van der Waals surface area contributed by atoms with Gasteiger partial charge >= 0.3 is 0 Å². The Morgan fingerprint density at radius 1 is 1.20 bits per heavy atom. The van der Waals surface area contributed by atoms with Crippen LogP contribution in [0.3, 0.4) is 0 Å². The van der Waals surface area contributed by atoms with Crippen molar-refractivity contribution in [1.82, 2.24) is 0 Å². The van der Waals surface area contributed by atoms with E-state index in [-0.39, 0.29) is 0 Å². The standard InChI is InChI=1S/C8H15NS/c9-8(6-2-1-3-6)7-4-10-5-7/h6-8H,1-5,9H2. The molecule has 1 nitrogen and oxygen atoms in total. The number of thioether (sulfide) groups is 1. The van der Waals surface area contributed by atoms with Crippen LogP contribution in [-0.2, 0) is 0 Å². The van der Waals surface area contributed by atoms with Gasteiger partial charge in [-0.3, -0.25) is 0 Å². The van der Waals surface area contributed by atoms with E-state index in [0.29, 0.717) is 6.04 Å². The van der Waals surface area contributed by atoms with E-state index in [2.05, 4.69) is 0 Å². The van der Waals surface area contributed by atoms with Gasteiger partial charge in [0.25, 0.3) is 0 Å². The molecule has 1 aliphatic carbocycles. The molecule has 1 saturated heterocycles. The van der Waals surface area contributed by atoms with Crippen molar-refractivity contribution >= 4 is 11.8 Å².